The van der Waals surface area contributed by atoms with Crippen molar-refractivity contribution in [2.24, 2.45) is 0 Å². The van der Waals surface area contributed by atoms with Crippen LogP contribution in [0.15, 0.2) is 36.4 Å². The monoisotopic (exact) mass is 266 g/mol. The molecule has 1 nitrogen and oxygen atoms in total. The second-order valence-electron chi connectivity index (χ2n) is 3.89. The first-order valence-electron chi connectivity index (χ1n) is 5.25. The maximum Gasteiger partial charge on any atom is 0.196 e. The molecule has 2 rings (SSSR count). The molecule has 18 heavy (non-hydrogen) atoms. The maximum atomic E-state index is 13.7. The van der Waals surface area contributed by atoms with Crippen LogP contribution in [-0.2, 0) is 0 Å². The molecule has 0 saturated carbocycles. The summed E-state index contributed by atoms with van der Waals surface area (Å²) in [5.41, 5.74) is 0.364. The summed E-state index contributed by atoms with van der Waals surface area (Å²) >= 11 is 5.60. The lowest BCUT2D eigenvalue weighted by Crippen LogP contribution is -2.05. The van der Waals surface area contributed by atoms with Crippen LogP contribution >= 0.6 is 11.6 Å². The molecule has 0 fully saturated rings. The first kappa shape index (κ1) is 12.7. The van der Waals surface area contributed by atoms with Gasteiger partial charge in [-0.25, -0.2) is 8.78 Å². The zero-order chi connectivity index (χ0) is 13.3. The highest BCUT2D eigenvalue weighted by Crippen LogP contribution is 2.21. The minimum absolute atomic E-state index is 0.0965. The van der Waals surface area contributed by atoms with Crippen molar-refractivity contribution >= 4 is 17.4 Å². The fourth-order valence-corrected chi connectivity index (χ4v) is 1.74. The number of halogens is 3. The van der Waals surface area contributed by atoms with Gasteiger partial charge in [0.2, 0.25) is 0 Å². The van der Waals surface area contributed by atoms with E-state index in [0.29, 0.717) is 5.56 Å². The normalized spacial score (nSPS) is 10.4. The van der Waals surface area contributed by atoms with Gasteiger partial charge in [0.25, 0.3) is 0 Å². The molecule has 0 aliphatic rings. The standard InChI is InChI=1S/C14H9ClF2O/c1-8-5-6-9(7-12(8)16)14(18)10-3-2-4-11(15)13(10)17/h2-7H,1H3. The highest BCUT2D eigenvalue weighted by atomic mass is 35.5. The van der Waals surface area contributed by atoms with Crippen molar-refractivity contribution in [2.75, 3.05) is 0 Å². The van der Waals surface area contributed by atoms with E-state index in [1.807, 2.05) is 0 Å². The lowest BCUT2D eigenvalue weighted by molar-refractivity contribution is 0.103. The number of aryl methyl sites for hydroxylation is 1. The number of hydrogen-bond acceptors (Lipinski definition) is 1. The number of carbonyl (C=O) groups is 1. The van der Waals surface area contributed by atoms with E-state index in [9.17, 15) is 13.6 Å². The van der Waals surface area contributed by atoms with E-state index in [-0.39, 0.29) is 16.1 Å². The highest BCUT2D eigenvalue weighted by molar-refractivity contribution is 6.31. The molecule has 0 heterocycles. The van der Waals surface area contributed by atoms with Crippen LogP contribution in [0.1, 0.15) is 21.5 Å². The van der Waals surface area contributed by atoms with E-state index in [4.69, 9.17) is 11.6 Å². The van der Waals surface area contributed by atoms with Gasteiger partial charge in [-0.05, 0) is 30.7 Å². The molecule has 2 aromatic carbocycles. The van der Waals surface area contributed by atoms with Gasteiger partial charge in [0, 0.05) is 5.56 Å². The minimum atomic E-state index is -0.787. The largest absolute Gasteiger partial charge is 0.288 e. The molecule has 0 N–H and O–H groups in total. The second-order valence-corrected chi connectivity index (χ2v) is 4.30. The molecule has 92 valence electrons. The molecule has 0 spiro atoms. The Morgan fingerprint density at radius 2 is 1.89 bits per heavy atom. The minimum Gasteiger partial charge on any atom is -0.288 e. The van der Waals surface area contributed by atoms with Crippen LogP contribution in [0.25, 0.3) is 0 Å². The Kier molecular flexibility index (Phi) is 3.43. The predicted molar refractivity (Wildman–Crippen MR) is 66.0 cm³/mol. The summed E-state index contributed by atoms with van der Waals surface area (Å²) in [5.74, 6) is -1.87. The molecule has 0 atom stereocenters. The van der Waals surface area contributed by atoms with Gasteiger partial charge in [0.1, 0.15) is 5.82 Å². The third-order valence-corrected chi connectivity index (χ3v) is 2.92. The van der Waals surface area contributed by atoms with Gasteiger partial charge in [0.05, 0.1) is 10.6 Å². The molecule has 0 radical (unpaired) electrons. The SMILES string of the molecule is Cc1ccc(C(=O)c2cccc(Cl)c2F)cc1F. The van der Waals surface area contributed by atoms with Gasteiger partial charge >= 0.3 is 0 Å². The van der Waals surface area contributed by atoms with Gasteiger partial charge < -0.3 is 0 Å². The van der Waals surface area contributed by atoms with Gasteiger partial charge in [0.15, 0.2) is 11.6 Å². The van der Waals surface area contributed by atoms with Crippen LogP contribution in [0.2, 0.25) is 5.02 Å². The third-order valence-electron chi connectivity index (χ3n) is 2.63. The fourth-order valence-electron chi connectivity index (χ4n) is 1.57. The van der Waals surface area contributed by atoms with Gasteiger partial charge in [-0.1, -0.05) is 29.8 Å². The topological polar surface area (TPSA) is 17.1 Å². The highest BCUT2D eigenvalue weighted by Gasteiger charge is 2.16. The van der Waals surface area contributed by atoms with Crippen molar-refractivity contribution in [3.63, 3.8) is 0 Å². The van der Waals surface area contributed by atoms with Crippen molar-refractivity contribution in [3.8, 4) is 0 Å². The average Bonchev–Trinajstić information content (AvgIpc) is 2.35. The fraction of sp³-hybridized carbons (Fsp3) is 0.0714. The van der Waals surface area contributed by atoms with Crippen molar-refractivity contribution < 1.29 is 13.6 Å². The van der Waals surface area contributed by atoms with E-state index >= 15 is 0 Å². The summed E-state index contributed by atoms with van der Waals surface area (Å²) < 4.78 is 27.0. The quantitative estimate of drug-likeness (QED) is 0.746. The molecule has 0 amide bonds. The molecule has 0 aliphatic carbocycles. The molecule has 2 aromatic rings. The smallest absolute Gasteiger partial charge is 0.196 e. The second kappa shape index (κ2) is 4.86. The van der Waals surface area contributed by atoms with Gasteiger partial charge in [-0.2, -0.15) is 0 Å². The first-order chi connectivity index (χ1) is 8.50. The lowest BCUT2D eigenvalue weighted by Gasteiger charge is -2.05. The molecule has 0 bridgehead atoms. The third kappa shape index (κ3) is 2.27. The maximum absolute atomic E-state index is 13.7. The average molecular weight is 267 g/mol. The van der Waals surface area contributed by atoms with Crippen molar-refractivity contribution in [3.05, 3.63) is 69.7 Å². The molecular weight excluding hydrogens is 258 g/mol. The van der Waals surface area contributed by atoms with Crippen LogP contribution in [0, 0.1) is 18.6 Å². The van der Waals surface area contributed by atoms with E-state index in [0.717, 1.165) is 6.07 Å². The van der Waals surface area contributed by atoms with E-state index in [1.54, 1.807) is 6.92 Å². The summed E-state index contributed by atoms with van der Waals surface area (Å²) in [7, 11) is 0. The first-order valence-corrected chi connectivity index (χ1v) is 5.63. The number of rotatable bonds is 2. The summed E-state index contributed by atoms with van der Waals surface area (Å²) in [4.78, 5) is 12.0. The Balaban J connectivity index is 2.48. The van der Waals surface area contributed by atoms with E-state index in [1.165, 1.54) is 30.3 Å². The van der Waals surface area contributed by atoms with Crippen LogP contribution in [0.3, 0.4) is 0 Å². The molecule has 0 saturated heterocycles. The lowest BCUT2D eigenvalue weighted by atomic mass is 10.0. The Morgan fingerprint density at radius 3 is 2.56 bits per heavy atom. The summed E-state index contributed by atoms with van der Waals surface area (Å²) in [6, 6.07) is 8.18. The van der Waals surface area contributed by atoms with Crippen LogP contribution in [0.4, 0.5) is 8.78 Å². The summed E-state index contributed by atoms with van der Waals surface area (Å²) in [6.45, 7) is 1.59. The molecule has 0 unspecified atom stereocenters. The predicted octanol–water partition coefficient (Wildman–Crippen LogP) is 4.16. The summed E-state index contributed by atoms with van der Waals surface area (Å²) in [6.07, 6.45) is 0. The zero-order valence-corrected chi connectivity index (χ0v) is 10.3. The van der Waals surface area contributed by atoms with Gasteiger partial charge in [-0.3, -0.25) is 4.79 Å². The Hall–Kier alpha value is -1.74. The van der Waals surface area contributed by atoms with Crippen molar-refractivity contribution in [2.45, 2.75) is 6.92 Å². The van der Waals surface area contributed by atoms with Crippen LogP contribution in [0.5, 0.6) is 0 Å². The molecule has 0 aliphatic heterocycles. The Bertz CT molecular complexity index is 623. The molecule has 4 heteroatoms. The molecular formula is C14H9ClF2O. The number of ketones is 1. The van der Waals surface area contributed by atoms with Crippen LogP contribution in [-0.4, -0.2) is 5.78 Å². The zero-order valence-electron chi connectivity index (χ0n) is 9.51. The Labute approximate surface area is 108 Å². The van der Waals surface area contributed by atoms with E-state index in [2.05, 4.69) is 0 Å². The number of carbonyl (C=O) groups excluding carboxylic acids is 1. The van der Waals surface area contributed by atoms with Crippen LogP contribution < -0.4 is 0 Å². The number of hydrogen-bond donors (Lipinski definition) is 0. The van der Waals surface area contributed by atoms with Gasteiger partial charge in [-0.15, -0.1) is 0 Å². The molecule has 0 aromatic heterocycles. The van der Waals surface area contributed by atoms with Crippen molar-refractivity contribution in [1.82, 2.24) is 0 Å². The van der Waals surface area contributed by atoms with E-state index < -0.39 is 17.4 Å². The van der Waals surface area contributed by atoms with Crippen molar-refractivity contribution in [1.29, 1.82) is 0 Å². The Morgan fingerprint density at radius 1 is 1.17 bits per heavy atom. The summed E-state index contributed by atoms with van der Waals surface area (Å²) in [5, 5.41) is -0.131. The number of benzene rings is 2.